The third-order valence-electron chi connectivity index (χ3n) is 12.9. The Kier molecular flexibility index (Phi) is 5.93. The maximum absolute atomic E-state index is 12.5. The van der Waals surface area contributed by atoms with Gasteiger partial charge in [-0.25, -0.2) is 0 Å². The second kappa shape index (κ2) is 8.04. The van der Waals surface area contributed by atoms with Crippen molar-refractivity contribution in [3.8, 4) is 0 Å². The number of aliphatic hydroxyl groups excluding tert-OH is 5. The molecule has 4 aliphatic carbocycles. The highest BCUT2D eigenvalue weighted by Crippen LogP contribution is 2.76. The number of hydrogen-bond donors (Lipinski definition) is 8. The van der Waals surface area contributed by atoms with E-state index in [0.29, 0.717) is 18.9 Å². The molecule has 4 saturated carbocycles. The first-order chi connectivity index (χ1) is 17.2. The van der Waals surface area contributed by atoms with Crippen LogP contribution < -0.4 is 0 Å². The van der Waals surface area contributed by atoms with Crippen LogP contribution in [0.3, 0.4) is 0 Å². The number of nitrogens with zero attached hydrogens (tertiary/aromatic N) is 1. The predicted octanol–water partition coefficient (Wildman–Crippen LogP) is -1.42. The van der Waals surface area contributed by atoms with Gasteiger partial charge in [-0.1, -0.05) is 13.8 Å². The molecule has 17 atom stereocenters. The zero-order valence-corrected chi connectivity index (χ0v) is 23.0. The summed E-state index contributed by atoms with van der Waals surface area (Å²) >= 11 is 0. The van der Waals surface area contributed by atoms with Crippen LogP contribution in [0.5, 0.6) is 0 Å². The Hall–Kier alpha value is -0.110. The van der Waals surface area contributed by atoms with Crippen molar-refractivity contribution in [2.75, 3.05) is 13.1 Å². The van der Waals surface area contributed by atoms with Crippen LogP contribution in [0.2, 0.25) is 0 Å². The van der Waals surface area contributed by atoms with E-state index in [1.807, 2.05) is 6.92 Å². The van der Waals surface area contributed by atoms with E-state index in [9.17, 15) is 40.9 Å². The molecule has 218 valence electrons. The lowest BCUT2D eigenvalue weighted by molar-refractivity contribution is -0.296. The van der Waals surface area contributed by atoms with E-state index >= 15 is 0 Å². The maximum Gasteiger partial charge on any atom is 0.198 e. The van der Waals surface area contributed by atoms with Crippen molar-refractivity contribution in [1.82, 2.24) is 4.90 Å². The van der Waals surface area contributed by atoms with Crippen LogP contribution in [0.1, 0.15) is 52.9 Å². The molecular weight excluding hydrogens is 518 g/mol. The summed E-state index contributed by atoms with van der Waals surface area (Å²) in [6, 6.07) is -0.174. The molecule has 8 N–H and O–H groups in total. The number of fused-ring (bicyclic) bond motifs is 5. The number of hydrogen-bond acceptors (Lipinski definition) is 10. The third kappa shape index (κ3) is 2.80. The second-order valence-corrected chi connectivity index (χ2v) is 14.4. The molecule has 7 fully saturated rings. The van der Waals surface area contributed by atoms with Gasteiger partial charge in [0.15, 0.2) is 5.79 Å². The Morgan fingerprint density at radius 2 is 1.50 bits per heavy atom. The minimum Gasteiger partial charge on any atom is -0.390 e. The quantitative estimate of drug-likeness (QED) is 0.175. The molecular formula is C27H44ClNO9. The summed E-state index contributed by atoms with van der Waals surface area (Å²) in [5.74, 6) is -5.64. The smallest absolute Gasteiger partial charge is 0.198 e. The lowest BCUT2D eigenvalue weighted by Crippen LogP contribution is -2.77. The zero-order valence-electron chi connectivity index (χ0n) is 22.2. The fraction of sp³-hybridized carbons (Fsp3) is 1.00. The van der Waals surface area contributed by atoms with Crippen LogP contribution in [-0.2, 0) is 4.74 Å². The fourth-order valence-corrected chi connectivity index (χ4v) is 11.4. The second-order valence-electron chi connectivity index (χ2n) is 14.4. The Bertz CT molecular complexity index is 1000. The summed E-state index contributed by atoms with van der Waals surface area (Å²) in [6.45, 7) is 7.08. The topological polar surface area (TPSA) is 174 Å². The largest absolute Gasteiger partial charge is 0.390 e. The molecule has 3 saturated heterocycles. The molecule has 7 rings (SSSR count). The van der Waals surface area contributed by atoms with Gasteiger partial charge in [0.1, 0.15) is 17.8 Å². The van der Waals surface area contributed by atoms with Crippen molar-refractivity contribution in [3.63, 3.8) is 0 Å². The van der Waals surface area contributed by atoms with Gasteiger partial charge in [0, 0.05) is 36.4 Å². The van der Waals surface area contributed by atoms with Gasteiger partial charge in [-0.05, 0) is 56.8 Å². The van der Waals surface area contributed by atoms with Gasteiger partial charge in [-0.15, -0.1) is 12.4 Å². The molecule has 4 bridgehead atoms. The minimum absolute atomic E-state index is 0. The Labute approximate surface area is 229 Å². The molecule has 0 aromatic rings. The molecule has 11 heteroatoms. The van der Waals surface area contributed by atoms with Crippen LogP contribution in [0.15, 0.2) is 0 Å². The number of aliphatic hydroxyl groups is 8. The highest BCUT2D eigenvalue weighted by molar-refractivity contribution is 5.85. The van der Waals surface area contributed by atoms with Crippen molar-refractivity contribution in [2.45, 2.75) is 112 Å². The lowest BCUT2D eigenvalue weighted by atomic mass is 9.48. The molecule has 0 radical (unpaired) electrons. The molecule has 7 aliphatic rings. The highest BCUT2D eigenvalue weighted by atomic mass is 35.5. The summed E-state index contributed by atoms with van der Waals surface area (Å²) in [6.07, 6.45) is -4.91. The zero-order chi connectivity index (χ0) is 26.7. The van der Waals surface area contributed by atoms with Crippen molar-refractivity contribution in [2.24, 2.45) is 40.9 Å². The lowest BCUT2D eigenvalue weighted by Gasteiger charge is -2.63. The molecule has 38 heavy (non-hydrogen) atoms. The first-order valence-corrected chi connectivity index (χ1v) is 14.2. The van der Waals surface area contributed by atoms with E-state index in [1.54, 1.807) is 6.92 Å². The summed E-state index contributed by atoms with van der Waals surface area (Å²) in [5.41, 5.74) is -5.58. The van der Waals surface area contributed by atoms with E-state index in [0.717, 1.165) is 19.4 Å². The molecule has 10 nitrogen and oxygen atoms in total. The Morgan fingerprint density at radius 1 is 0.842 bits per heavy atom. The Balaban J connectivity index is 0.00000264. The van der Waals surface area contributed by atoms with Crippen LogP contribution >= 0.6 is 12.4 Å². The average Bonchev–Trinajstić information content (AvgIpc) is 3.13. The van der Waals surface area contributed by atoms with Gasteiger partial charge in [-0.2, -0.15) is 0 Å². The number of ether oxygens (including phenoxy) is 1. The van der Waals surface area contributed by atoms with Crippen LogP contribution in [0.25, 0.3) is 0 Å². The molecule has 0 amide bonds. The van der Waals surface area contributed by atoms with Gasteiger partial charge in [0.25, 0.3) is 0 Å². The maximum atomic E-state index is 12.5. The van der Waals surface area contributed by atoms with Gasteiger partial charge in [0.05, 0.1) is 35.4 Å². The molecule has 0 aromatic carbocycles. The fourth-order valence-electron chi connectivity index (χ4n) is 11.4. The van der Waals surface area contributed by atoms with E-state index < -0.39 is 88.1 Å². The average molecular weight is 562 g/mol. The van der Waals surface area contributed by atoms with Gasteiger partial charge in [-0.3, -0.25) is 4.90 Å². The number of rotatable bonds is 0. The van der Waals surface area contributed by atoms with Crippen LogP contribution in [0, 0.1) is 40.9 Å². The summed E-state index contributed by atoms with van der Waals surface area (Å²) in [5, 5.41) is 92.8. The summed E-state index contributed by atoms with van der Waals surface area (Å²) in [4.78, 5) is 2.25. The first-order valence-electron chi connectivity index (χ1n) is 14.2. The van der Waals surface area contributed by atoms with Crippen molar-refractivity contribution >= 4 is 12.4 Å². The van der Waals surface area contributed by atoms with Gasteiger partial charge in [0.2, 0.25) is 0 Å². The molecule has 0 aromatic heterocycles. The SMILES string of the molecule is C[C@H]1CC[C@@H]2N(C1)C[C@@H]1[C@H]([C@@H](O)[C@H](O)[C@]3(O)[C@H]1C[C@@]14O[C@]5(O)[C@@H]([C@@H](O)[C@@H](O)[C@@H]31)[C@]4(C)CC[C@@H]5O)[C@]2(C)O.Cl. The van der Waals surface area contributed by atoms with Crippen molar-refractivity contribution < 1.29 is 45.6 Å². The Morgan fingerprint density at radius 3 is 2.18 bits per heavy atom. The minimum atomic E-state index is -2.10. The standard InChI is InChI=1S/C27H43NO9.ClH/c1-11-4-5-14-24(3,34)16-12(10-28(14)9-11)13-8-25-21(26(13,35)22(33)17(16)30)19(32)18(31)20-23(25,2)7-6-15(29)27(20,36)37-25;/h11-22,29-36H,4-10H2,1-3H3;1H/t11-,12-,13-,14-,15-,16+,17+,18-,19+,20-,21+,22-,23-,24+,25+,26-,27-;/m0./s1. The third-order valence-corrected chi connectivity index (χ3v) is 12.9. The number of halogens is 1. The normalized spacial score (nSPS) is 66.7. The van der Waals surface area contributed by atoms with E-state index in [2.05, 4.69) is 11.8 Å². The first kappa shape index (κ1) is 28.0. The monoisotopic (exact) mass is 561 g/mol. The predicted molar refractivity (Wildman–Crippen MR) is 135 cm³/mol. The molecule has 1 spiro atoms. The van der Waals surface area contributed by atoms with Gasteiger partial charge < -0.3 is 45.6 Å². The number of piperidine rings is 2. The molecule has 3 heterocycles. The highest BCUT2D eigenvalue weighted by Gasteiger charge is 2.88. The van der Waals surface area contributed by atoms with E-state index in [-0.39, 0.29) is 31.3 Å². The molecule has 0 unspecified atom stereocenters. The van der Waals surface area contributed by atoms with Crippen LogP contribution in [-0.4, -0.2) is 118 Å². The summed E-state index contributed by atoms with van der Waals surface area (Å²) in [7, 11) is 0. The van der Waals surface area contributed by atoms with Crippen molar-refractivity contribution in [1.29, 1.82) is 0 Å². The summed E-state index contributed by atoms with van der Waals surface area (Å²) < 4.78 is 6.42. The molecule has 3 aliphatic heterocycles. The van der Waals surface area contributed by atoms with Crippen LogP contribution in [0.4, 0.5) is 0 Å². The van der Waals surface area contributed by atoms with E-state index in [4.69, 9.17) is 4.74 Å². The van der Waals surface area contributed by atoms with E-state index in [1.165, 1.54) is 0 Å². The van der Waals surface area contributed by atoms with Gasteiger partial charge >= 0.3 is 0 Å². The van der Waals surface area contributed by atoms with Crippen molar-refractivity contribution in [3.05, 3.63) is 0 Å².